The first-order valence-corrected chi connectivity index (χ1v) is 8.49. The van der Waals surface area contributed by atoms with Crippen LogP contribution < -0.4 is 4.90 Å². The highest BCUT2D eigenvalue weighted by atomic mass is 79.9. The predicted octanol–water partition coefficient (Wildman–Crippen LogP) is 3.27. The van der Waals surface area contributed by atoms with Gasteiger partial charge in [0.05, 0.1) is 5.69 Å². The van der Waals surface area contributed by atoms with Crippen molar-refractivity contribution < 1.29 is 17.1 Å². The smallest absolute Gasteiger partial charge is 0.307 e. The lowest BCUT2D eigenvalue weighted by molar-refractivity contribution is -0.117. The highest BCUT2D eigenvalue weighted by molar-refractivity contribution is 9.11. The Labute approximate surface area is 131 Å². The number of hydrogen-bond acceptors (Lipinski definition) is 3. The summed E-state index contributed by atoms with van der Waals surface area (Å²) in [5.74, 6) is -0.449. The number of hydrogen-bond donors (Lipinski definition) is 0. The van der Waals surface area contributed by atoms with Crippen molar-refractivity contribution >= 4 is 65.3 Å². The second-order valence-corrected chi connectivity index (χ2v) is 7.79. The first-order chi connectivity index (χ1) is 8.70. The van der Waals surface area contributed by atoms with Gasteiger partial charge < -0.3 is 4.90 Å². The molecule has 0 radical (unpaired) electrons. The Morgan fingerprint density at radius 3 is 2.26 bits per heavy atom. The Morgan fingerprint density at radius 2 is 1.84 bits per heavy atom. The second-order valence-electron chi connectivity index (χ2n) is 4.02. The highest BCUT2D eigenvalue weighted by Gasteiger charge is 2.40. The van der Waals surface area contributed by atoms with Crippen LogP contribution in [0.2, 0.25) is 5.02 Å². The van der Waals surface area contributed by atoms with Crippen molar-refractivity contribution in [3.05, 3.63) is 26.1 Å². The zero-order chi connectivity index (χ0) is 14.4. The zero-order valence-electron chi connectivity index (χ0n) is 9.24. The summed E-state index contributed by atoms with van der Waals surface area (Å²) < 4.78 is 35.8. The maximum Gasteiger partial charge on any atom is 0.307 e. The molecule has 0 aliphatic carbocycles. The third-order valence-corrected chi connectivity index (χ3v) is 5.28. The Hall–Kier alpha value is -0.180. The van der Waals surface area contributed by atoms with Gasteiger partial charge in [-0.05, 0) is 44.0 Å². The molecule has 0 saturated carbocycles. The third kappa shape index (κ3) is 3.12. The van der Waals surface area contributed by atoms with Crippen molar-refractivity contribution in [2.24, 2.45) is 0 Å². The van der Waals surface area contributed by atoms with Gasteiger partial charge in [-0.3, -0.25) is 4.79 Å². The largest absolute Gasteiger partial charge is 0.309 e. The van der Waals surface area contributed by atoms with Crippen LogP contribution in [0.4, 0.5) is 9.57 Å². The van der Waals surface area contributed by atoms with Crippen molar-refractivity contribution in [3.63, 3.8) is 0 Å². The molecule has 4 nitrogen and oxygen atoms in total. The monoisotopic (exact) mass is 433 g/mol. The molecule has 19 heavy (non-hydrogen) atoms. The van der Waals surface area contributed by atoms with E-state index in [2.05, 4.69) is 31.9 Å². The van der Waals surface area contributed by atoms with Gasteiger partial charge in [0.25, 0.3) is 0 Å². The van der Waals surface area contributed by atoms with Gasteiger partial charge in [-0.15, -0.1) is 3.89 Å². The number of nitrogens with zero attached hydrogens (tertiary/aromatic N) is 1. The van der Waals surface area contributed by atoms with Crippen LogP contribution in [0.25, 0.3) is 0 Å². The molecule has 104 valence electrons. The minimum Gasteiger partial charge on any atom is -0.309 e. The fourth-order valence-corrected chi connectivity index (χ4v) is 4.64. The van der Waals surface area contributed by atoms with Gasteiger partial charge in [0.15, 0.2) is 0 Å². The lowest BCUT2D eigenvalue weighted by atomic mass is 10.3. The van der Waals surface area contributed by atoms with E-state index in [1.165, 1.54) is 4.90 Å². The topological polar surface area (TPSA) is 54.5 Å². The molecule has 1 fully saturated rings. The van der Waals surface area contributed by atoms with Crippen LogP contribution in [-0.4, -0.2) is 26.1 Å². The quantitative estimate of drug-likeness (QED) is 0.670. The van der Waals surface area contributed by atoms with E-state index in [1.54, 1.807) is 12.1 Å². The summed E-state index contributed by atoms with van der Waals surface area (Å²) in [5.41, 5.74) is 0.445. The maximum absolute atomic E-state index is 13.0. The van der Waals surface area contributed by atoms with E-state index in [0.29, 0.717) is 19.7 Å². The molecule has 0 bridgehead atoms. The fourth-order valence-electron chi connectivity index (χ4n) is 1.87. The molecule has 1 amide bonds. The number of benzene rings is 1. The van der Waals surface area contributed by atoms with Gasteiger partial charge in [0.1, 0.15) is 5.25 Å². The molecule has 1 atom stereocenters. The van der Waals surface area contributed by atoms with Crippen LogP contribution in [0.3, 0.4) is 0 Å². The Bertz CT molecular complexity index is 629. The second kappa shape index (κ2) is 5.31. The van der Waals surface area contributed by atoms with Gasteiger partial charge in [0, 0.05) is 26.9 Å². The number of carbonyl (C=O) groups is 1. The molecule has 1 unspecified atom stereocenters. The molecule has 1 heterocycles. The standard InChI is InChI=1S/C10H7Br2ClFNO3S/c11-7-1-5(13)2-8(12)10(7)15-4-6(3-9(15)16)19(14,17)18/h1-2,6H,3-4H2. The average Bonchev–Trinajstić information content (AvgIpc) is 2.59. The van der Waals surface area contributed by atoms with Crippen LogP contribution in [0.15, 0.2) is 21.1 Å². The minimum atomic E-state index is -4.73. The first kappa shape index (κ1) is 15.2. The third-order valence-electron chi connectivity index (χ3n) is 2.74. The van der Waals surface area contributed by atoms with E-state index in [-0.39, 0.29) is 13.0 Å². The molecule has 1 saturated heterocycles. The molecule has 1 aliphatic heterocycles. The molecule has 0 spiro atoms. The van der Waals surface area contributed by atoms with Crippen molar-refractivity contribution in [2.45, 2.75) is 11.7 Å². The summed E-state index contributed by atoms with van der Waals surface area (Å²) in [4.78, 5) is 13.1. The summed E-state index contributed by atoms with van der Waals surface area (Å²) in [6, 6.07) is 3.15. The predicted molar refractivity (Wildman–Crippen MR) is 77.6 cm³/mol. The fraction of sp³-hybridized carbons (Fsp3) is 0.300. The lowest BCUT2D eigenvalue weighted by Crippen LogP contribution is -2.27. The Balaban J connectivity index is 2.42. The van der Waals surface area contributed by atoms with E-state index in [9.17, 15) is 17.1 Å². The maximum atomic E-state index is 13.0. The molecular weight excluding hydrogens is 428 g/mol. The summed E-state index contributed by atoms with van der Waals surface area (Å²) in [5, 5.41) is -0.877. The molecule has 1 aliphatic rings. The van der Waals surface area contributed by atoms with Crippen LogP contribution >= 0.6 is 43.5 Å². The van der Waals surface area contributed by atoms with Crippen LogP contribution in [0, 0.1) is 0 Å². The van der Waals surface area contributed by atoms with Crippen LogP contribution in [0.5, 0.6) is 0 Å². The number of anilines is 1. The average molecular weight is 435 g/mol. The normalized spacial score (nSPS) is 20.1. The molecule has 1 aromatic rings. The first-order valence-electron chi connectivity index (χ1n) is 5.08. The number of rotatable bonds is 2. The van der Waals surface area contributed by atoms with E-state index < -0.39 is 21.4 Å². The van der Waals surface area contributed by atoms with Gasteiger partial charge in [-0.25, -0.2) is 0 Å². The lowest BCUT2D eigenvalue weighted by Gasteiger charge is -2.19. The minimum absolute atomic E-state index is 0.212. The van der Waals surface area contributed by atoms with Gasteiger partial charge >= 0.3 is 10.2 Å². The Morgan fingerprint density at radius 1 is 1.32 bits per heavy atom. The van der Waals surface area contributed by atoms with E-state index in [0.717, 1.165) is 0 Å². The van der Waals surface area contributed by atoms with Crippen molar-refractivity contribution in [3.8, 4) is 0 Å². The van der Waals surface area contributed by atoms with Crippen molar-refractivity contribution in [1.29, 1.82) is 0 Å². The summed E-state index contributed by atoms with van der Waals surface area (Å²) in [7, 11) is -4.73. The molecular formula is C10H7Br2ClFNO3S. The zero-order valence-corrected chi connectivity index (χ0v) is 14.0. The molecule has 2 rings (SSSR count). The Kier molecular flexibility index (Phi) is 4.25. The molecule has 0 aromatic heterocycles. The van der Waals surface area contributed by atoms with Crippen LogP contribution in [0.1, 0.15) is 6.42 Å². The van der Waals surface area contributed by atoms with Crippen molar-refractivity contribution in [2.75, 3.05) is 11.4 Å². The molecule has 1 aromatic carbocycles. The summed E-state index contributed by atoms with van der Waals surface area (Å²) in [6.45, 7) is -0.212. The SMILES string of the molecule is O=C1CC(S(=O)(=O)F)CN1c1c(Br)cc(Cl)cc1Br. The highest BCUT2D eigenvalue weighted by Crippen LogP contribution is 2.39. The number of carbonyl (C=O) groups excluding carboxylic acids is 1. The summed E-state index contributed by atoms with van der Waals surface area (Å²) >= 11 is 12.4. The van der Waals surface area contributed by atoms with Gasteiger partial charge in [0.2, 0.25) is 5.91 Å². The number of amides is 1. The van der Waals surface area contributed by atoms with E-state index in [4.69, 9.17) is 11.6 Å². The summed E-state index contributed by atoms with van der Waals surface area (Å²) in [6.07, 6.45) is -0.361. The van der Waals surface area contributed by atoms with Crippen LogP contribution in [-0.2, 0) is 15.0 Å². The number of halogens is 4. The van der Waals surface area contributed by atoms with Crippen molar-refractivity contribution in [1.82, 2.24) is 0 Å². The van der Waals surface area contributed by atoms with E-state index in [1.807, 2.05) is 0 Å². The van der Waals surface area contributed by atoms with Gasteiger partial charge in [-0.2, -0.15) is 8.42 Å². The molecule has 0 N–H and O–H groups in total. The molecule has 9 heteroatoms. The van der Waals surface area contributed by atoms with E-state index >= 15 is 0 Å². The van der Waals surface area contributed by atoms with Gasteiger partial charge in [-0.1, -0.05) is 11.6 Å².